The minimum atomic E-state index is -0.576. The van der Waals surface area contributed by atoms with Crippen molar-refractivity contribution in [3.8, 4) is 10.4 Å². The lowest BCUT2D eigenvalue weighted by molar-refractivity contribution is 0.0996. The fourth-order valence-corrected chi connectivity index (χ4v) is 4.22. The Morgan fingerprint density at radius 1 is 1.32 bits per heavy atom. The van der Waals surface area contributed by atoms with Gasteiger partial charge in [0.15, 0.2) is 11.5 Å². The first-order valence-corrected chi connectivity index (χ1v) is 9.17. The van der Waals surface area contributed by atoms with Crippen LogP contribution in [0.2, 0.25) is 5.02 Å². The van der Waals surface area contributed by atoms with Gasteiger partial charge in [-0.15, -0.1) is 21.5 Å². The minimum absolute atomic E-state index is 0.163. The van der Waals surface area contributed by atoms with Gasteiger partial charge in [-0.25, -0.2) is 0 Å². The van der Waals surface area contributed by atoms with E-state index in [-0.39, 0.29) is 11.9 Å². The lowest BCUT2D eigenvalue weighted by atomic mass is 10.1. The molecular weight excluding hydrogens is 358 g/mol. The second-order valence-corrected chi connectivity index (χ2v) is 7.40. The standard InChI is InChI=1S/C17H16ClN5OS/c18-10-5-3-9(4-6-10)12-8-11-15(25-12)14(16(19)24)22-23-17(11)21-13-2-1-7-20-13/h3-6,8,13,20H,1-2,7H2,(H2,19,24)(H,21,23). The van der Waals surface area contributed by atoms with E-state index in [1.165, 1.54) is 11.3 Å². The van der Waals surface area contributed by atoms with Gasteiger partial charge in [0.1, 0.15) is 0 Å². The summed E-state index contributed by atoms with van der Waals surface area (Å²) in [5.41, 5.74) is 6.69. The van der Waals surface area contributed by atoms with E-state index in [0.717, 1.165) is 39.9 Å². The van der Waals surface area contributed by atoms with E-state index in [0.29, 0.717) is 10.8 Å². The van der Waals surface area contributed by atoms with Crippen molar-refractivity contribution in [3.05, 3.63) is 41.0 Å². The van der Waals surface area contributed by atoms with Crippen molar-refractivity contribution < 1.29 is 4.79 Å². The highest BCUT2D eigenvalue weighted by Gasteiger charge is 2.20. The maximum absolute atomic E-state index is 11.7. The summed E-state index contributed by atoms with van der Waals surface area (Å²) in [7, 11) is 0. The molecule has 1 aliphatic rings. The van der Waals surface area contributed by atoms with Crippen molar-refractivity contribution in [2.45, 2.75) is 19.0 Å². The van der Waals surface area contributed by atoms with Crippen molar-refractivity contribution in [3.63, 3.8) is 0 Å². The van der Waals surface area contributed by atoms with Crippen LogP contribution in [0.1, 0.15) is 23.3 Å². The van der Waals surface area contributed by atoms with Crippen LogP contribution in [0, 0.1) is 0 Å². The van der Waals surface area contributed by atoms with Gasteiger partial charge in [0.05, 0.1) is 10.9 Å². The Labute approximate surface area is 153 Å². The van der Waals surface area contributed by atoms with E-state index in [1.807, 2.05) is 30.3 Å². The van der Waals surface area contributed by atoms with Gasteiger partial charge in [0, 0.05) is 15.3 Å². The number of benzene rings is 1. The number of halogens is 1. The molecule has 3 heterocycles. The van der Waals surface area contributed by atoms with Crippen LogP contribution in [0.4, 0.5) is 5.82 Å². The Morgan fingerprint density at radius 2 is 2.12 bits per heavy atom. The van der Waals surface area contributed by atoms with Gasteiger partial charge < -0.3 is 11.1 Å². The zero-order valence-electron chi connectivity index (χ0n) is 13.3. The molecule has 0 saturated carbocycles. The molecule has 0 bridgehead atoms. The van der Waals surface area contributed by atoms with Crippen LogP contribution >= 0.6 is 22.9 Å². The van der Waals surface area contributed by atoms with Crippen LogP contribution in [0.5, 0.6) is 0 Å². The second kappa shape index (κ2) is 6.59. The molecule has 0 radical (unpaired) electrons. The maximum atomic E-state index is 11.7. The first kappa shape index (κ1) is 16.3. The zero-order chi connectivity index (χ0) is 17.4. The number of anilines is 1. The summed E-state index contributed by atoms with van der Waals surface area (Å²) in [5.74, 6) is 0.0865. The van der Waals surface area contributed by atoms with Crippen molar-refractivity contribution in [1.29, 1.82) is 0 Å². The predicted molar refractivity (Wildman–Crippen MR) is 101 cm³/mol. The Bertz CT molecular complexity index is 934. The SMILES string of the molecule is NC(=O)c1nnc(NC2CCCN2)c2cc(-c3ccc(Cl)cc3)sc12. The quantitative estimate of drug-likeness (QED) is 0.652. The van der Waals surface area contributed by atoms with E-state index in [1.54, 1.807) is 0 Å². The summed E-state index contributed by atoms with van der Waals surface area (Å²) < 4.78 is 0.743. The van der Waals surface area contributed by atoms with Crippen molar-refractivity contribution in [2.24, 2.45) is 5.73 Å². The van der Waals surface area contributed by atoms with Gasteiger partial charge in [-0.2, -0.15) is 0 Å². The minimum Gasteiger partial charge on any atom is -0.364 e. The van der Waals surface area contributed by atoms with Crippen LogP contribution in [-0.4, -0.2) is 28.8 Å². The number of nitrogens with zero attached hydrogens (tertiary/aromatic N) is 2. The summed E-state index contributed by atoms with van der Waals surface area (Å²) >= 11 is 7.45. The van der Waals surface area contributed by atoms with Crippen LogP contribution < -0.4 is 16.4 Å². The summed E-state index contributed by atoms with van der Waals surface area (Å²) in [4.78, 5) is 12.7. The highest BCUT2D eigenvalue weighted by atomic mass is 35.5. The number of carbonyl (C=O) groups is 1. The van der Waals surface area contributed by atoms with Gasteiger partial charge in [-0.1, -0.05) is 23.7 Å². The molecule has 8 heteroatoms. The molecule has 1 amide bonds. The normalized spacial score (nSPS) is 17.1. The largest absolute Gasteiger partial charge is 0.364 e. The number of hydrogen-bond acceptors (Lipinski definition) is 6. The lowest BCUT2D eigenvalue weighted by Gasteiger charge is -2.13. The molecule has 1 aliphatic heterocycles. The van der Waals surface area contributed by atoms with Crippen LogP contribution in [-0.2, 0) is 0 Å². The molecule has 0 aliphatic carbocycles. The van der Waals surface area contributed by atoms with Crippen molar-refractivity contribution in [1.82, 2.24) is 15.5 Å². The first-order chi connectivity index (χ1) is 12.1. The Kier molecular flexibility index (Phi) is 4.29. The van der Waals surface area contributed by atoms with E-state index in [4.69, 9.17) is 17.3 Å². The fraction of sp³-hybridized carbons (Fsp3) is 0.235. The zero-order valence-corrected chi connectivity index (χ0v) is 14.8. The highest BCUT2D eigenvalue weighted by Crippen LogP contribution is 2.38. The van der Waals surface area contributed by atoms with Crippen molar-refractivity contribution >= 4 is 44.7 Å². The lowest BCUT2D eigenvalue weighted by Crippen LogP contribution is -2.30. The number of thiophene rings is 1. The molecular formula is C17H16ClN5OS. The number of primary amides is 1. The smallest absolute Gasteiger partial charge is 0.270 e. The number of nitrogens with one attached hydrogen (secondary N) is 2. The molecule has 1 atom stereocenters. The van der Waals surface area contributed by atoms with Crippen LogP contribution in [0.15, 0.2) is 30.3 Å². The molecule has 25 heavy (non-hydrogen) atoms. The summed E-state index contributed by atoms with van der Waals surface area (Å²) in [6.45, 7) is 0.979. The molecule has 1 saturated heterocycles. The number of rotatable bonds is 4. The van der Waals surface area contributed by atoms with Crippen molar-refractivity contribution in [2.75, 3.05) is 11.9 Å². The average molecular weight is 374 g/mol. The van der Waals surface area contributed by atoms with Crippen LogP contribution in [0.3, 0.4) is 0 Å². The third-order valence-electron chi connectivity index (χ3n) is 4.19. The molecule has 4 rings (SSSR count). The molecule has 3 aromatic rings. The fourth-order valence-electron chi connectivity index (χ4n) is 2.94. The van der Waals surface area contributed by atoms with E-state index in [2.05, 4.69) is 20.8 Å². The molecule has 128 valence electrons. The monoisotopic (exact) mass is 373 g/mol. The Hall–Kier alpha value is -2.22. The Morgan fingerprint density at radius 3 is 2.80 bits per heavy atom. The number of hydrogen-bond donors (Lipinski definition) is 3. The van der Waals surface area contributed by atoms with Gasteiger partial charge >= 0.3 is 0 Å². The van der Waals surface area contributed by atoms with Gasteiger partial charge in [-0.3, -0.25) is 10.1 Å². The summed E-state index contributed by atoms with van der Waals surface area (Å²) in [6, 6.07) is 9.59. The van der Waals surface area contributed by atoms with Gasteiger partial charge in [0.25, 0.3) is 5.91 Å². The molecule has 2 aromatic heterocycles. The number of fused-ring (bicyclic) bond motifs is 1. The van der Waals surface area contributed by atoms with E-state index >= 15 is 0 Å². The topological polar surface area (TPSA) is 92.9 Å². The average Bonchev–Trinajstić information content (AvgIpc) is 3.25. The predicted octanol–water partition coefficient (Wildman–Crippen LogP) is 3.23. The molecule has 6 nitrogen and oxygen atoms in total. The van der Waals surface area contributed by atoms with Crippen LogP contribution in [0.25, 0.3) is 20.5 Å². The molecule has 1 unspecified atom stereocenters. The molecule has 4 N–H and O–H groups in total. The summed E-state index contributed by atoms with van der Waals surface area (Å²) in [5, 5.41) is 16.5. The van der Waals surface area contributed by atoms with Gasteiger partial charge in [-0.05, 0) is 43.1 Å². The van der Waals surface area contributed by atoms with E-state index in [9.17, 15) is 4.79 Å². The maximum Gasteiger partial charge on any atom is 0.270 e. The third kappa shape index (κ3) is 3.18. The third-order valence-corrected chi connectivity index (χ3v) is 5.63. The van der Waals surface area contributed by atoms with Gasteiger partial charge in [0.2, 0.25) is 0 Å². The molecule has 0 spiro atoms. The molecule has 1 aromatic carbocycles. The van der Waals surface area contributed by atoms with E-state index < -0.39 is 5.91 Å². The Balaban J connectivity index is 1.82. The first-order valence-electron chi connectivity index (χ1n) is 7.98. The summed E-state index contributed by atoms with van der Waals surface area (Å²) in [6.07, 6.45) is 2.30. The second-order valence-electron chi connectivity index (χ2n) is 5.92. The number of amides is 1. The molecule has 1 fully saturated rings. The number of aromatic nitrogens is 2. The number of nitrogens with two attached hydrogens (primary N) is 1. The number of carbonyl (C=O) groups excluding carboxylic acids is 1. The highest BCUT2D eigenvalue weighted by molar-refractivity contribution is 7.22.